The lowest BCUT2D eigenvalue weighted by Gasteiger charge is -2.14. The Bertz CT molecular complexity index is 838. The fraction of sp³-hybridized carbons (Fsp3) is 0.350. The first-order chi connectivity index (χ1) is 14.0. The number of hydrogen-bond donors (Lipinski definition) is 3. The molecular weight excluding hydrogens is 511 g/mol. The van der Waals surface area contributed by atoms with E-state index in [1.54, 1.807) is 37.4 Å². The zero-order valence-corrected chi connectivity index (χ0v) is 19.3. The number of hydrogen-bond acceptors (Lipinski definition) is 5. The molecule has 30 heavy (non-hydrogen) atoms. The number of nitrogens with zero attached hydrogens (tertiary/aromatic N) is 1. The summed E-state index contributed by atoms with van der Waals surface area (Å²) in [5.74, 6) is 1.73. The second-order valence-corrected chi connectivity index (χ2v) is 5.90. The Hall–Kier alpha value is -2.50. The maximum atomic E-state index is 12.7. The Balaban J connectivity index is 0.00000450. The van der Waals surface area contributed by atoms with Crippen LogP contribution in [-0.4, -0.2) is 38.4 Å². The third-order valence-electron chi connectivity index (χ3n) is 3.97. The molecule has 0 aliphatic carbocycles. The van der Waals surface area contributed by atoms with Crippen molar-refractivity contribution in [1.29, 1.82) is 0 Å². The summed E-state index contributed by atoms with van der Waals surface area (Å²) in [4.78, 5) is 4.42. The monoisotopic (exact) mass is 537 g/mol. The van der Waals surface area contributed by atoms with Crippen LogP contribution >= 0.6 is 24.0 Å². The Kier molecular flexibility index (Phi) is 11.0. The number of methoxy groups -OCH3 is 2. The van der Waals surface area contributed by atoms with Crippen LogP contribution in [0.2, 0.25) is 0 Å². The van der Waals surface area contributed by atoms with Crippen molar-refractivity contribution >= 4 is 29.9 Å². The molecule has 0 saturated carbocycles. The van der Waals surface area contributed by atoms with Gasteiger partial charge in [0.05, 0.1) is 20.8 Å². The fourth-order valence-electron chi connectivity index (χ4n) is 2.53. The van der Waals surface area contributed by atoms with Crippen molar-refractivity contribution in [3.63, 3.8) is 0 Å². The summed E-state index contributed by atoms with van der Waals surface area (Å²) in [7, 11) is 3.03. The van der Waals surface area contributed by atoms with Gasteiger partial charge in [-0.25, -0.2) is 4.99 Å². The predicted octanol–water partition coefficient (Wildman–Crippen LogP) is 3.88. The van der Waals surface area contributed by atoms with Crippen LogP contribution in [0.3, 0.4) is 0 Å². The van der Waals surface area contributed by atoms with Gasteiger partial charge in [-0.15, -0.1) is 24.0 Å². The van der Waals surface area contributed by atoms with Crippen molar-refractivity contribution in [1.82, 2.24) is 10.6 Å². The maximum absolute atomic E-state index is 12.7. The molecular formula is C20H26F2IN3O4. The highest BCUT2D eigenvalue weighted by Gasteiger charge is 2.11. The van der Waals surface area contributed by atoms with Crippen LogP contribution in [0, 0.1) is 0 Å². The Labute approximate surface area is 191 Å². The first kappa shape index (κ1) is 25.5. The van der Waals surface area contributed by atoms with Crippen molar-refractivity contribution < 1.29 is 28.1 Å². The van der Waals surface area contributed by atoms with Gasteiger partial charge in [-0.05, 0) is 43.3 Å². The second-order valence-electron chi connectivity index (χ2n) is 5.90. The van der Waals surface area contributed by atoms with Gasteiger partial charge in [-0.1, -0.05) is 0 Å². The zero-order valence-electron chi connectivity index (χ0n) is 16.9. The first-order valence-electron chi connectivity index (χ1n) is 8.96. The number of alkyl halides is 2. The number of aliphatic imine (C=N–C) groups is 1. The highest BCUT2D eigenvalue weighted by molar-refractivity contribution is 14.0. The minimum Gasteiger partial charge on any atom is -0.508 e. The van der Waals surface area contributed by atoms with E-state index >= 15 is 0 Å². The SMILES string of the molecule is CCNC(=NCc1cc(OC)ccc1OC(F)F)NCc1cc(OC)ccc1O.I. The molecule has 0 aliphatic rings. The molecule has 2 rings (SSSR count). The van der Waals surface area contributed by atoms with Gasteiger partial charge in [-0.3, -0.25) is 0 Å². The number of aromatic hydroxyl groups is 1. The number of halogens is 3. The lowest BCUT2D eigenvalue weighted by molar-refractivity contribution is -0.0504. The van der Waals surface area contributed by atoms with Gasteiger partial charge in [0, 0.05) is 24.2 Å². The third kappa shape index (κ3) is 7.73. The van der Waals surface area contributed by atoms with Crippen LogP contribution in [0.1, 0.15) is 18.1 Å². The molecule has 0 spiro atoms. The van der Waals surface area contributed by atoms with Gasteiger partial charge in [0.2, 0.25) is 0 Å². The van der Waals surface area contributed by atoms with Gasteiger partial charge in [-0.2, -0.15) is 8.78 Å². The molecule has 166 valence electrons. The molecule has 0 aliphatic heterocycles. The average Bonchev–Trinajstić information content (AvgIpc) is 2.71. The third-order valence-corrected chi connectivity index (χ3v) is 3.97. The number of nitrogens with one attached hydrogen (secondary N) is 2. The highest BCUT2D eigenvalue weighted by atomic mass is 127. The second kappa shape index (κ2) is 12.9. The standard InChI is InChI=1S/C20H25F2N3O4.HI/c1-4-23-20(24-11-13-9-15(27-2)5-7-17(13)26)25-12-14-10-16(28-3)6-8-18(14)29-19(21)22;/h5-10,19,26H,4,11-12H2,1-3H3,(H2,23,24,25);1H. The summed E-state index contributed by atoms with van der Waals surface area (Å²) in [5, 5.41) is 16.2. The molecule has 0 aromatic heterocycles. The van der Waals surface area contributed by atoms with Gasteiger partial charge >= 0.3 is 6.61 Å². The lowest BCUT2D eigenvalue weighted by atomic mass is 10.2. The van der Waals surface area contributed by atoms with Gasteiger partial charge < -0.3 is 30.0 Å². The highest BCUT2D eigenvalue weighted by Crippen LogP contribution is 2.26. The molecule has 10 heteroatoms. The van der Waals surface area contributed by atoms with Crippen LogP contribution in [0.4, 0.5) is 8.78 Å². The minimum atomic E-state index is -2.94. The molecule has 7 nitrogen and oxygen atoms in total. The molecule has 3 N–H and O–H groups in total. The van der Waals surface area contributed by atoms with E-state index in [4.69, 9.17) is 9.47 Å². The average molecular weight is 537 g/mol. The van der Waals surface area contributed by atoms with Crippen LogP contribution in [0.15, 0.2) is 41.4 Å². The minimum absolute atomic E-state index is 0. The predicted molar refractivity (Wildman–Crippen MR) is 121 cm³/mol. The number of phenolic OH excluding ortho intramolecular Hbond substituents is 1. The molecule has 0 radical (unpaired) electrons. The van der Waals surface area contributed by atoms with Crippen LogP contribution in [0.25, 0.3) is 0 Å². The van der Waals surface area contributed by atoms with E-state index in [0.717, 1.165) is 0 Å². The Morgan fingerprint density at radius 2 is 1.67 bits per heavy atom. The van der Waals surface area contributed by atoms with E-state index in [-0.39, 0.29) is 48.6 Å². The molecule has 0 unspecified atom stereocenters. The fourth-order valence-corrected chi connectivity index (χ4v) is 2.53. The van der Waals surface area contributed by atoms with E-state index in [0.29, 0.717) is 35.1 Å². The number of benzene rings is 2. The van der Waals surface area contributed by atoms with Crippen LogP contribution in [-0.2, 0) is 13.1 Å². The molecule has 0 atom stereocenters. The normalized spacial score (nSPS) is 10.9. The van der Waals surface area contributed by atoms with Crippen molar-refractivity contribution in [2.24, 2.45) is 4.99 Å². The smallest absolute Gasteiger partial charge is 0.387 e. The summed E-state index contributed by atoms with van der Waals surface area (Å²) in [6.45, 7) is -0.0778. The largest absolute Gasteiger partial charge is 0.508 e. The van der Waals surface area contributed by atoms with E-state index in [2.05, 4.69) is 20.4 Å². The van der Waals surface area contributed by atoms with Crippen LogP contribution < -0.4 is 24.8 Å². The van der Waals surface area contributed by atoms with Crippen molar-refractivity contribution in [3.8, 4) is 23.0 Å². The van der Waals surface area contributed by atoms with E-state index in [1.807, 2.05) is 6.92 Å². The molecule has 0 heterocycles. The van der Waals surface area contributed by atoms with Crippen LogP contribution in [0.5, 0.6) is 23.0 Å². The number of phenols is 1. The van der Waals surface area contributed by atoms with Crippen molar-refractivity contribution in [3.05, 3.63) is 47.5 Å². The molecule has 0 saturated heterocycles. The topological polar surface area (TPSA) is 84.3 Å². The van der Waals surface area contributed by atoms with E-state index < -0.39 is 6.61 Å². The molecule has 2 aromatic rings. The van der Waals surface area contributed by atoms with E-state index in [9.17, 15) is 13.9 Å². The van der Waals surface area contributed by atoms with Crippen molar-refractivity contribution in [2.75, 3.05) is 20.8 Å². The summed E-state index contributed by atoms with van der Waals surface area (Å²) in [6.07, 6.45) is 0. The lowest BCUT2D eigenvalue weighted by Crippen LogP contribution is -2.36. The number of guanidine groups is 1. The zero-order chi connectivity index (χ0) is 21.2. The Morgan fingerprint density at radius 1 is 1.03 bits per heavy atom. The number of ether oxygens (including phenoxy) is 3. The summed E-state index contributed by atoms with van der Waals surface area (Å²) in [5.41, 5.74) is 1.07. The summed E-state index contributed by atoms with van der Waals surface area (Å²) < 4.78 is 40.2. The summed E-state index contributed by atoms with van der Waals surface area (Å²) in [6, 6.07) is 9.47. The Morgan fingerprint density at radius 3 is 2.27 bits per heavy atom. The van der Waals surface area contributed by atoms with Gasteiger partial charge in [0.15, 0.2) is 5.96 Å². The quantitative estimate of drug-likeness (QED) is 0.256. The first-order valence-corrected chi connectivity index (χ1v) is 8.96. The maximum Gasteiger partial charge on any atom is 0.387 e. The van der Waals surface area contributed by atoms with E-state index in [1.165, 1.54) is 13.2 Å². The van der Waals surface area contributed by atoms with Gasteiger partial charge in [0.25, 0.3) is 0 Å². The molecule has 2 aromatic carbocycles. The molecule has 0 fully saturated rings. The number of rotatable bonds is 9. The molecule has 0 amide bonds. The molecule has 0 bridgehead atoms. The summed E-state index contributed by atoms with van der Waals surface area (Å²) >= 11 is 0. The van der Waals surface area contributed by atoms with Crippen molar-refractivity contribution in [2.45, 2.75) is 26.6 Å². The van der Waals surface area contributed by atoms with Gasteiger partial charge in [0.1, 0.15) is 23.0 Å².